The summed E-state index contributed by atoms with van der Waals surface area (Å²) < 4.78 is 10.9. The third-order valence-corrected chi connectivity index (χ3v) is 7.87. The topological polar surface area (TPSA) is 115 Å². The van der Waals surface area contributed by atoms with Gasteiger partial charge in [0.2, 0.25) is 5.60 Å². The molecule has 1 aromatic carbocycles. The normalized spacial score (nSPS) is 40.8. The first kappa shape index (κ1) is 20.1. The number of aliphatic hydroxyl groups is 1. The number of nitrogens with zero attached hydrogens (tertiary/aromatic N) is 1. The lowest BCUT2D eigenvalue weighted by molar-refractivity contribution is -0.169. The molecule has 8 heteroatoms. The van der Waals surface area contributed by atoms with Crippen LogP contribution in [0.15, 0.2) is 35.5 Å². The van der Waals surface area contributed by atoms with Crippen molar-refractivity contribution in [2.75, 3.05) is 7.11 Å². The summed E-state index contributed by atoms with van der Waals surface area (Å²) in [4.78, 5) is 31.9. The number of allylic oxidation sites excluding steroid dienone is 1. The highest BCUT2D eigenvalue weighted by molar-refractivity contribution is 6.06. The van der Waals surface area contributed by atoms with E-state index in [4.69, 9.17) is 14.3 Å². The summed E-state index contributed by atoms with van der Waals surface area (Å²) in [6, 6.07) is 4.86. The lowest BCUT2D eigenvalue weighted by atomic mass is 9.63. The molecular weight excluding hydrogens is 402 g/mol. The minimum atomic E-state index is -1.39. The van der Waals surface area contributed by atoms with Crippen LogP contribution in [0.5, 0.6) is 11.5 Å². The molecule has 2 aliphatic heterocycles. The van der Waals surface area contributed by atoms with Gasteiger partial charge in [-0.25, -0.2) is 4.79 Å². The highest BCUT2D eigenvalue weighted by Crippen LogP contribution is 2.59. The Morgan fingerprint density at radius 2 is 2.03 bits per heavy atom. The van der Waals surface area contributed by atoms with E-state index in [0.717, 1.165) is 0 Å². The lowest BCUT2D eigenvalue weighted by Gasteiger charge is -2.43. The second kappa shape index (κ2) is 6.32. The predicted octanol–water partition coefficient (Wildman–Crippen LogP) is 2.11. The van der Waals surface area contributed by atoms with Crippen LogP contribution in [0.1, 0.15) is 38.7 Å². The quantitative estimate of drug-likeness (QED) is 0.695. The van der Waals surface area contributed by atoms with E-state index < -0.39 is 34.6 Å². The molecule has 31 heavy (non-hydrogen) atoms. The number of carbonyl (C=O) groups is 2. The third-order valence-electron chi connectivity index (χ3n) is 7.87. The fourth-order valence-electron chi connectivity index (χ4n) is 5.82. The number of oxime groups is 1. The number of methoxy groups -OCH3 is 1. The van der Waals surface area contributed by atoms with Gasteiger partial charge >= 0.3 is 5.97 Å². The number of hydrogen-bond acceptors (Lipinski definition) is 8. The van der Waals surface area contributed by atoms with E-state index in [9.17, 15) is 19.8 Å². The van der Waals surface area contributed by atoms with Crippen molar-refractivity contribution in [3.05, 3.63) is 35.9 Å². The van der Waals surface area contributed by atoms with Gasteiger partial charge < -0.3 is 24.5 Å². The van der Waals surface area contributed by atoms with E-state index in [2.05, 4.69) is 5.16 Å². The van der Waals surface area contributed by atoms with Crippen molar-refractivity contribution < 1.29 is 34.1 Å². The van der Waals surface area contributed by atoms with E-state index >= 15 is 0 Å². The van der Waals surface area contributed by atoms with Gasteiger partial charge in [-0.2, -0.15) is 0 Å². The number of ketones is 1. The molecule has 2 aliphatic carbocycles. The molecule has 164 valence electrons. The molecule has 2 heterocycles. The van der Waals surface area contributed by atoms with Gasteiger partial charge in [-0.15, -0.1) is 0 Å². The van der Waals surface area contributed by atoms with Gasteiger partial charge in [0.25, 0.3) is 0 Å². The molecule has 0 radical (unpaired) electrons. The van der Waals surface area contributed by atoms with E-state index in [1.165, 1.54) is 19.3 Å². The van der Waals surface area contributed by atoms with Crippen LogP contribution in [0, 0.1) is 17.3 Å². The highest BCUT2D eigenvalue weighted by atomic mass is 16.7. The average Bonchev–Trinajstić information content (AvgIpc) is 3.37. The second-order valence-corrected chi connectivity index (χ2v) is 9.22. The van der Waals surface area contributed by atoms with Gasteiger partial charge in [0.15, 0.2) is 17.3 Å². The second-order valence-electron chi connectivity index (χ2n) is 9.22. The first-order valence-corrected chi connectivity index (χ1v) is 10.5. The van der Waals surface area contributed by atoms with Gasteiger partial charge in [0, 0.05) is 12.0 Å². The van der Waals surface area contributed by atoms with Crippen LogP contribution in [0.3, 0.4) is 0 Å². The van der Waals surface area contributed by atoms with Gasteiger partial charge in [-0.1, -0.05) is 12.1 Å². The standard InChI is InChI=1S/C23H25NO7/c1-12-4-6-14-19(21(2)18(26)8-9-23(12,21)28)30-20(27)22(14)11-15(24-31-22)13-5-7-17(29-3)16(25)10-13/h5,7-10,12,14,19,25,28H,4,6,11H2,1-3H3/t12-,14?,19?,21-,22?,23+/m0/s1. The molecule has 1 saturated carbocycles. The Labute approximate surface area is 179 Å². The lowest BCUT2D eigenvalue weighted by Crippen LogP contribution is -2.57. The predicted molar refractivity (Wildman–Crippen MR) is 109 cm³/mol. The summed E-state index contributed by atoms with van der Waals surface area (Å²) in [7, 11) is 1.46. The van der Waals surface area contributed by atoms with Crippen LogP contribution in [-0.4, -0.2) is 52.1 Å². The van der Waals surface area contributed by atoms with Crippen molar-refractivity contribution in [1.29, 1.82) is 0 Å². The van der Waals surface area contributed by atoms with Crippen LogP contribution in [-0.2, 0) is 19.2 Å². The van der Waals surface area contributed by atoms with Crippen LogP contribution >= 0.6 is 0 Å². The Morgan fingerprint density at radius 1 is 1.26 bits per heavy atom. The maximum Gasteiger partial charge on any atom is 0.354 e. The molecule has 2 N–H and O–H groups in total. The summed E-state index contributed by atoms with van der Waals surface area (Å²) in [6.45, 7) is 3.59. The van der Waals surface area contributed by atoms with Gasteiger partial charge in [-0.05, 0) is 56.0 Å². The van der Waals surface area contributed by atoms with Crippen LogP contribution in [0.2, 0.25) is 0 Å². The minimum Gasteiger partial charge on any atom is -0.504 e. The van der Waals surface area contributed by atoms with Gasteiger partial charge in [0.1, 0.15) is 17.1 Å². The van der Waals surface area contributed by atoms with Crippen LogP contribution < -0.4 is 4.74 Å². The molecule has 6 atom stereocenters. The number of carbonyl (C=O) groups excluding carboxylic acids is 2. The van der Waals surface area contributed by atoms with E-state index in [-0.39, 0.29) is 23.9 Å². The number of fused-ring (bicyclic) bond motifs is 4. The third kappa shape index (κ3) is 2.36. The molecule has 1 saturated heterocycles. The van der Waals surface area contributed by atoms with E-state index in [0.29, 0.717) is 29.9 Å². The summed E-state index contributed by atoms with van der Waals surface area (Å²) >= 11 is 0. The largest absolute Gasteiger partial charge is 0.504 e. The summed E-state index contributed by atoms with van der Waals surface area (Å²) in [5.74, 6) is -1.17. The first-order chi connectivity index (χ1) is 14.7. The monoisotopic (exact) mass is 427 g/mol. The van der Waals surface area contributed by atoms with Crippen molar-refractivity contribution in [3.8, 4) is 11.5 Å². The zero-order valence-corrected chi connectivity index (χ0v) is 17.6. The Balaban J connectivity index is 1.51. The Kier molecular flexibility index (Phi) is 4.09. The first-order valence-electron chi connectivity index (χ1n) is 10.5. The number of phenolic OH excluding ortho intramolecular Hbond substituents is 1. The number of phenols is 1. The Hall–Kier alpha value is -2.87. The van der Waals surface area contributed by atoms with Crippen molar-refractivity contribution in [2.24, 2.45) is 22.4 Å². The number of aromatic hydroxyl groups is 1. The van der Waals surface area contributed by atoms with Crippen molar-refractivity contribution in [3.63, 3.8) is 0 Å². The average molecular weight is 427 g/mol. The Bertz CT molecular complexity index is 1050. The van der Waals surface area contributed by atoms with E-state index in [1.54, 1.807) is 25.1 Å². The number of hydrogen-bond donors (Lipinski definition) is 2. The molecular formula is C23H25NO7. The fourth-order valence-corrected chi connectivity index (χ4v) is 5.82. The van der Waals surface area contributed by atoms with Gasteiger partial charge in [0.05, 0.1) is 18.7 Å². The van der Waals surface area contributed by atoms with Crippen molar-refractivity contribution in [1.82, 2.24) is 0 Å². The molecule has 0 bridgehead atoms. The maximum absolute atomic E-state index is 13.1. The van der Waals surface area contributed by atoms with Gasteiger partial charge in [-0.3, -0.25) is 4.79 Å². The molecule has 2 fully saturated rings. The number of rotatable bonds is 2. The van der Waals surface area contributed by atoms with Crippen LogP contribution in [0.25, 0.3) is 0 Å². The molecule has 4 aliphatic rings. The SMILES string of the molecule is COc1ccc(C2=NOC3(C2)C(=O)OC2C3CC[C@H](C)[C@]3(O)C=CC(=O)[C@@]23C)cc1O. The summed E-state index contributed by atoms with van der Waals surface area (Å²) in [5.41, 5.74) is -2.91. The molecule has 0 amide bonds. The maximum atomic E-state index is 13.1. The Morgan fingerprint density at radius 3 is 2.74 bits per heavy atom. The van der Waals surface area contributed by atoms with Crippen LogP contribution in [0.4, 0.5) is 0 Å². The molecule has 0 aromatic heterocycles. The summed E-state index contributed by atoms with van der Waals surface area (Å²) in [6.07, 6.45) is 3.44. The smallest absolute Gasteiger partial charge is 0.354 e. The number of benzene rings is 1. The van der Waals surface area contributed by atoms with Crippen molar-refractivity contribution >= 4 is 17.5 Å². The summed E-state index contributed by atoms with van der Waals surface area (Å²) in [5, 5.41) is 25.8. The molecule has 5 rings (SSSR count). The molecule has 8 nitrogen and oxygen atoms in total. The fraction of sp³-hybridized carbons (Fsp3) is 0.522. The zero-order chi connectivity index (χ0) is 22.2. The molecule has 1 aromatic rings. The molecule has 3 unspecified atom stereocenters. The number of ether oxygens (including phenoxy) is 2. The minimum absolute atomic E-state index is 0.0426. The highest BCUT2D eigenvalue weighted by Gasteiger charge is 2.73. The molecule has 1 spiro atoms. The van der Waals surface area contributed by atoms with E-state index in [1.807, 2.05) is 6.92 Å². The zero-order valence-electron chi connectivity index (χ0n) is 17.6. The number of esters is 1. The van der Waals surface area contributed by atoms with Crippen molar-refractivity contribution in [2.45, 2.75) is 50.4 Å².